The Bertz CT molecular complexity index is 421. The number of rotatable bonds is 7. The van der Waals surface area contributed by atoms with Gasteiger partial charge in [0.1, 0.15) is 5.78 Å². The molecule has 1 saturated heterocycles. The molecular formula is C17H25NO2. The lowest BCUT2D eigenvalue weighted by molar-refractivity contribution is -0.119. The summed E-state index contributed by atoms with van der Waals surface area (Å²) in [5.74, 6) is 0.623. The molecule has 0 radical (unpaired) electrons. The lowest BCUT2D eigenvalue weighted by Gasteiger charge is -2.12. The van der Waals surface area contributed by atoms with Crippen LogP contribution < -0.4 is 5.73 Å². The summed E-state index contributed by atoms with van der Waals surface area (Å²) in [6, 6.07) is 7.82. The Kier molecular flexibility index (Phi) is 5.60. The number of ether oxygens (including phenoxy) is 1. The minimum atomic E-state index is 0.269. The van der Waals surface area contributed by atoms with Crippen LogP contribution in [-0.4, -0.2) is 18.5 Å². The molecule has 2 atom stereocenters. The number of anilines is 1. The minimum absolute atomic E-state index is 0.269. The molecule has 3 nitrogen and oxygen atoms in total. The highest BCUT2D eigenvalue weighted by atomic mass is 16.5. The fourth-order valence-corrected chi connectivity index (χ4v) is 2.78. The Balaban J connectivity index is 1.69. The molecule has 0 amide bonds. The number of carbonyl (C=O) groups excluding carboxylic acids is 1. The Labute approximate surface area is 121 Å². The summed E-state index contributed by atoms with van der Waals surface area (Å²) >= 11 is 0. The van der Waals surface area contributed by atoms with Crippen LogP contribution in [0.1, 0.15) is 56.9 Å². The number of Topliss-reactive ketones (excluding diaryl/α,β-unsaturated/α-hetero) is 1. The molecule has 1 aromatic carbocycles. The van der Waals surface area contributed by atoms with Gasteiger partial charge >= 0.3 is 0 Å². The third-order valence-electron chi connectivity index (χ3n) is 4.05. The summed E-state index contributed by atoms with van der Waals surface area (Å²) in [5, 5.41) is 0. The molecule has 0 aliphatic carbocycles. The molecule has 2 N–H and O–H groups in total. The lowest BCUT2D eigenvalue weighted by atomic mass is 9.93. The van der Waals surface area contributed by atoms with Gasteiger partial charge in [0, 0.05) is 25.1 Å². The molecule has 2 unspecified atom stereocenters. The lowest BCUT2D eigenvalue weighted by Crippen LogP contribution is -2.08. The molecular weight excluding hydrogens is 250 g/mol. The van der Waals surface area contributed by atoms with Crippen molar-refractivity contribution in [2.75, 3.05) is 12.3 Å². The van der Waals surface area contributed by atoms with E-state index >= 15 is 0 Å². The van der Waals surface area contributed by atoms with Crippen molar-refractivity contribution in [3.8, 4) is 0 Å². The Morgan fingerprint density at radius 3 is 2.80 bits per heavy atom. The second-order valence-electron chi connectivity index (χ2n) is 5.84. The van der Waals surface area contributed by atoms with E-state index in [1.54, 1.807) is 0 Å². The van der Waals surface area contributed by atoms with E-state index in [-0.39, 0.29) is 5.92 Å². The summed E-state index contributed by atoms with van der Waals surface area (Å²) in [5.41, 5.74) is 7.63. The third kappa shape index (κ3) is 4.64. The Morgan fingerprint density at radius 1 is 1.40 bits per heavy atom. The Hall–Kier alpha value is -1.35. The molecule has 0 spiro atoms. The van der Waals surface area contributed by atoms with Crippen molar-refractivity contribution in [1.82, 2.24) is 0 Å². The molecule has 20 heavy (non-hydrogen) atoms. The van der Waals surface area contributed by atoms with Gasteiger partial charge < -0.3 is 10.5 Å². The van der Waals surface area contributed by atoms with Crippen LogP contribution in [0.15, 0.2) is 24.3 Å². The molecule has 0 aromatic heterocycles. The van der Waals surface area contributed by atoms with Gasteiger partial charge in [-0.15, -0.1) is 0 Å². The number of nitrogens with two attached hydrogens (primary N) is 1. The minimum Gasteiger partial charge on any atom is -0.399 e. The fraction of sp³-hybridized carbons (Fsp3) is 0.588. The van der Waals surface area contributed by atoms with Crippen molar-refractivity contribution in [3.05, 3.63) is 29.8 Å². The zero-order chi connectivity index (χ0) is 14.4. The summed E-state index contributed by atoms with van der Waals surface area (Å²) in [6.45, 7) is 3.00. The predicted molar refractivity (Wildman–Crippen MR) is 81.7 cm³/mol. The van der Waals surface area contributed by atoms with E-state index in [4.69, 9.17) is 10.5 Å². The number of ketones is 1. The van der Waals surface area contributed by atoms with Gasteiger partial charge in [-0.2, -0.15) is 0 Å². The van der Waals surface area contributed by atoms with Crippen LogP contribution in [0, 0.1) is 0 Å². The van der Waals surface area contributed by atoms with Crippen LogP contribution in [0.5, 0.6) is 0 Å². The molecule has 1 aromatic rings. The topological polar surface area (TPSA) is 52.3 Å². The molecule has 0 saturated carbocycles. The van der Waals surface area contributed by atoms with Crippen LogP contribution in [0.3, 0.4) is 0 Å². The van der Waals surface area contributed by atoms with Crippen molar-refractivity contribution in [2.24, 2.45) is 0 Å². The molecule has 1 aliphatic rings. The highest BCUT2D eigenvalue weighted by molar-refractivity contribution is 5.79. The van der Waals surface area contributed by atoms with Gasteiger partial charge in [0.2, 0.25) is 0 Å². The van der Waals surface area contributed by atoms with Gasteiger partial charge in [0.15, 0.2) is 0 Å². The standard InChI is InChI=1S/C17H25NO2/c1-13(14-7-9-15(18)10-8-14)12-16(19)4-2-5-17-6-3-11-20-17/h7-10,13,17H,2-6,11-12,18H2,1H3. The van der Waals surface area contributed by atoms with E-state index in [0.717, 1.165) is 31.6 Å². The first-order chi connectivity index (χ1) is 9.65. The van der Waals surface area contributed by atoms with Crippen LogP contribution in [-0.2, 0) is 9.53 Å². The SMILES string of the molecule is CC(CC(=O)CCCC1CCCO1)c1ccc(N)cc1. The Morgan fingerprint density at radius 2 is 2.15 bits per heavy atom. The smallest absolute Gasteiger partial charge is 0.133 e. The number of hydrogen-bond donors (Lipinski definition) is 1. The van der Waals surface area contributed by atoms with Crippen molar-refractivity contribution < 1.29 is 9.53 Å². The molecule has 1 aliphatic heterocycles. The summed E-state index contributed by atoms with van der Waals surface area (Å²) in [6.07, 6.45) is 6.02. The monoisotopic (exact) mass is 275 g/mol. The summed E-state index contributed by atoms with van der Waals surface area (Å²) in [4.78, 5) is 12.0. The van der Waals surface area contributed by atoms with Gasteiger partial charge in [0.25, 0.3) is 0 Å². The normalized spacial score (nSPS) is 19.9. The average Bonchev–Trinajstić information content (AvgIpc) is 2.92. The predicted octanol–water partition coefficient (Wildman–Crippen LogP) is 3.68. The van der Waals surface area contributed by atoms with Crippen LogP contribution in [0.2, 0.25) is 0 Å². The quantitative estimate of drug-likeness (QED) is 0.772. The van der Waals surface area contributed by atoms with Crippen LogP contribution in [0.4, 0.5) is 5.69 Å². The first-order valence-corrected chi connectivity index (χ1v) is 7.64. The van der Waals surface area contributed by atoms with Crippen LogP contribution >= 0.6 is 0 Å². The van der Waals surface area contributed by atoms with Crippen molar-refractivity contribution in [3.63, 3.8) is 0 Å². The maximum atomic E-state index is 12.0. The largest absolute Gasteiger partial charge is 0.399 e. The number of nitrogen functional groups attached to an aromatic ring is 1. The fourth-order valence-electron chi connectivity index (χ4n) is 2.78. The first-order valence-electron chi connectivity index (χ1n) is 7.64. The second kappa shape index (κ2) is 7.44. The number of hydrogen-bond acceptors (Lipinski definition) is 3. The van der Waals surface area contributed by atoms with E-state index in [1.165, 1.54) is 12.0 Å². The van der Waals surface area contributed by atoms with Crippen molar-refractivity contribution in [2.45, 2.75) is 57.5 Å². The van der Waals surface area contributed by atoms with Crippen LogP contribution in [0.25, 0.3) is 0 Å². The zero-order valence-electron chi connectivity index (χ0n) is 12.3. The average molecular weight is 275 g/mol. The first kappa shape index (κ1) is 15.0. The van der Waals surface area contributed by atoms with E-state index in [9.17, 15) is 4.79 Å². The molecule has 1 heterocycles. The number of benzene rings is 1. The van der Waals surface area contributed by atoms with E-state index < -0.39 is 0 Å². The summed E-state index contributed by atoms with van der Waals surface area (Å²) in [7, 11) is 0. The van der Waals surface area contributed by atoms with Gasteiger partial charge in [-0.25, -0.2) is 0 Å². The van der Waals surface area contributed by atoms with Gasteiger partial charge in [-0.05, 0) is 49.3 Å². The maximum Gasteiger partial charge on any atom is 0.133 e. The van der Waals surface area contributed by atoms with Gasteiger partial charge in [-0.1, -0.05) is 19.1 Å². The maximum absolute atomic E-state index is 12.0. The molecule has 2 rings (SSSR count). The number of carbonyl (C=O) groups is 1. The highest BCUT2D eigenvalue weighted by Crippen LogP contribution is 2.22. The molecule has 3 heteroatoms. The third-order valence-corrected chi connectivity index (χ3v) is 4.05. The van der Waals surface area contributed by atoms with Crippen molar-refractivity contribution in [1.29, 1.82) is 0 Å². The molecule has 1 fully saturated rings. The van der Waals surface area contributed by atoms with Crippen molar-refractivity contribution >= 4 is 11.5 Å². The van der Waals surface area contributed by atoms with Gasteiger partial charge in [-0.3, -0.25) is 4.79 Å². The zero-order valence-corrected chi connectivity index (χ0v) is 12.3. The summed E-state index contributed by atoms with van der Waals surface area (Å²) < 4.78 is 5.57. The molecule has 0 bridgehead atoms. The van der Waals surface area contributed by atoms with E-state index in [0.29, 0.717) is 24.7 Å². The van der Waals surface area contributed by atoms with E-state index in [2.05, 4.69) is 6.92 Å². The molecule has 110 valence electrons. The second-order valence-corrected chi connectivity index (χ2v) is 5.84. The van der Waals surface area contributed by atoms with Gasteiger partial charge in [0.05, 0.1) is 6.10 Å². The van der Waals surface area contributed by atoms with E-state index in [1.807, 2.05) is 24.3 Å². The highest BCUT2D eigenvalue weighted by Gasteiger charge is 2.16.